The molecule has 0 spiro atoms. The number of carboxylic acid groups (broad SMARTS) is 1. The molecule has 0 atom stereocenters. The third kappa shape index (κ3) is 3.81. The van der Waals surface area contributed by atoms with E-state index < -0.39 is 5.97 Å². The minimum Gasteiger partial charge on any atom is -0.478 e. The maximum atomic E-state index is 12.8. The molecule has 0 radical (unpaired) electrons. The molecule has 2 aromatic rings. The Morgan fingerprint density at radius 2 is 1.68 bits per heavy atom. The van der Waals surface area contributed by atoms with Crippen LogP contribution in [0.2, 0.25) is 0 Å². The van der Waals surface area contributed by atoms with Crippen LogP contribution in [0.5, 0.6) is 0 Å². The number of carboxylic acids is 1. The summed E-state index contributed by atoms with van der Waals surface area (Å²) in [5.41, 5.74) is 3.93. The Labute approximate surface area is 164 Å². The lowest BCUT2D eigenvalue weighted by Crippen LogP contribution is -2.21. The second kappa shape index (κ2) is 8.08. The van der Waals surface area contributed by atoms with Gasteiger partial charge in [-0.15, -0.1) is 0 Å². The number of rotatable bonds is 6. The minimum atomic E-state index is -1.01. The fourth-order valence-electron chi connectivity index (χ4n) is 3.14. The largest absolute Gasteiger partial charge is 0.478 e. The van der Waals surface area contributed by atoms with Gasteiger partial charge in [-0.2, -0.15) is 10.1 Å². The van der Waals surface area contributed by atoms with Crippen LogP contribution in [-0.2, 0) is 4.79 Å². The number of nitrogens with zero attached hydrogens (tertiary/aromatic N) is 3. The molecule has 3 rings (SSSR count). The van der Waals surface area contributed by atoms with Gasteiger partial charge in [-0.25, -0.2) is 4.79 Å². The quantitative estimate of drug-likeness (QED) is 0.771. The topological polar surface area (TPSA) is 73.2 Å². The van der Waals surface area contributed by atoms with Gasteiger partial charge in [0.1, 0.15) is 0 Å². The molecule has 0 unspecified atom stereocenters. The summed E-state index contributed by atoms with van der Waals surface area (Å²) in [5, 5.41) is 14.6. The molecule has 0 saturated heterocycles. The summed E-state index contributed by atoms with van der Waals surface area (Å²) >= 11 is 0. The molecule has 144 valence electrons. The normalized spacial score (nSPS) is 15.1. The first-order chi connectivity index (χ1) is 13.4. The van der Waals surface area contributed by atoms with E-state index in [0.29, 0.717) is 17.0 Å². The molecule has 0 fully saturated rings. The summed E-state index contributed by atoms with van der Waals surface area (Å²) in [4.78, 5) is 26.1. The predicted molar refractivity (Wildman–Crippen MR) is 112 cm³/mol. The van der Waals surface area contributed by atoms with E-state index in [9.17, 15) is 9.59 Å². The molecule has 0 aromatic heterocycles. The number of hydrogen-bond donors (Lipinski definition) is 1. The van der Waals surface area contributed by atoms with E-state index in [1.165, 1.54) is 17.1 Å². The van der Waals surface area contributed by atoms with Crippen molar-refractivity contribution in [2.75, 3.05) is 23.0 Å². The van der Waals surface area contributed by atoms with Crippen molar-refractivity contribution < 1.29 is 14.7 Å². The van der Waals surface area contributed by atoms with E-state index >= 15 is 0 Å². The zero-order chi connectivity index (χ0) is 20.3. The van der Waals surface area contributed by atoms with Crippen LogP contribution in [0.15, 0.2) is 59.2 Å². The van der Waals surface area contributed by atoms with E-state index in [-0.39, 0.29) is 11.5 Å². The van der Waals surface area contributed by atoms with E-state index in [1.807, 2.05) is 30.3 Å². The van der Waals surface area contributed by atoms with Crippen LogP contribution in [0, 0.1) is 0 Å². The highest BCUT2D eigenvalue weighted by Crippen LogP contribution is 2.26. The number of hydrogen-bond acceptors (Lipinski definition) is 4. The number of hydrazone groups is 1. The lowest BCUT2D eigenvalue weighted by Gasteiger charge is -2.20. The molecule has 0 aliphatic carbocycles. The number of aromatic carboxylic acids is 1. The molecule has 2 aromatic carbocycles. The summed E-state index contributed by atoms with van der Waals surface area (Å²) < 4.78 is 0. The Morgan fingerprint density at radius 3 is 2.21 bits per heavy atom. The van der Waals surface area contributed by atoms with Crippen molar-refractivity contribution in [3.63, 3.8) is 0 Å². The van der Waals surface area contributed by atoms with Crippen molar-refractivity contribution in [1.82, 2.24) is 0 Å². The Bertz CT molecular complexity index is 940. The van der Waals surface area contributed by atoms with Crippen molar-refractivity contribution in [2.24, 2.45) is 5.10 Å². The standard InChI is InChI=1S/C22H23N3O3/c1-4-24(5-2)18-10-6-16(7-11-18)14-20-15(3)23-25(21(20)26)19-12-8-17(9-13-19)22(27)28/h6-14H,4-5H2,1-3H3,(H,27,28)/b20-14+. The van der Waals surface area contributed by atoms with Crippen molar-refractivity contribution in [3.05, 3.63) is 65.2 Å². The van der Waals surface area contributed by atoms with Crippen LogP contribution in [0.1, 0.15) is 36.7 Å². The molecule has 0 bridgehead atoms. The number of carbonyl (C=O) groups is 2. The van der Waals surface area contributed by atoms with Crippen LogP contribution in [0.4, 0.5) is 11.4 Å². The summed E-state index contributed by atoms with van der Waals surface area (Å²) in [6, 6.07) is 14.2. The first-order valence-electron chi connectivity index (χ1n) is 9.24. The summed E-state index contributed by atoms with van der Waals surface area (Å²) in [7, 11) is 0. The molecule has 1 amide bonds. The second-order valence-corrected chi connectivity index (χ2v) is 6.48. The molecule has 28 heavy (non-hydrogen) atoms. The zero-order valence-corrected chi connectivity index (χ0v) is 16.2. The third-order valence-electron chi connectivity index (χ3n) is 4.75. The molecule has 6 nitrogen and oxygen atoms in total. The fourth-order valence-corrected chi connectivity index (χ4v) is 3.14. The van der Waals surface area contributed by atoms with Gasteiger partial charge in [0.2, 0.25) is 0 Å². The Kier molecular flexibility index (Phi) is 5.59. The number of anilines is 2. The van der Waals surface area contributed by atoms with Gasteiger partial charge in [0.05, 0.1) is 22.5 Å². The zero-order valence-electron chi connectivity index (χ0n) is 16.2. The van der Waals surface area contributed by atoms with Crippen LogP contribution < -0.4 is 9.91 Å². The monoisotopic (exact) mass is 377 g/mol. The Morgan fingerprint density at radius 1 is 1.07 bits per heavy atom. The maximum absolute atomic E-state index is 12.8. The minimum absolute atomic E-state index is 0.167. The van der Waals surface area contributed by atoms with Gasteiger partial charge in [-0.3, -0.25) is 4.79 Å². The molecular weight excluding hydrogens is 354 g/mol. The predicted octanol–water partition coefficient (Wildman–Crippen LogP) is 4.04. The molecule has 1 aliphatic heterocycles. The lowest BCUT2D eigenvalue weighted by atomic mass is 10.1. The SMILES string of the molecule is CCN(CC)c1ccc(/C=C2/C(=O)N(c3ccc(C(=O)O)cc3)N=C2C)cc1. The van der Waals surface area contributed by atoms with Crippen molar-refractivity contribution in [1.29, 1.82) is 0 Å². The second-order valence-electron chi connectivity index (χ2n) is 6.48. The average Bonchev–Trinajstić information content (AvgIpc) is 2.98. The Balaban J connectivity index is 1.83. The molecule has 1 aliphatic rings. The first-order valence-corrected chi connectivity index (χ1v) is 9.24. The lowest BCUT2D eigenvalue weighted by molar-refractivity contribution is -0.114. The van der Waals surface area contributed by atoms with Gasteiger partial charge < -0.3 is 10.0 Å². The van der Waals surface area contributed by atoms with E-state index in [4.69, 9.17) is 5.11 Å². The molecule has 0 saturated carbocycles. The highest BCUT2D eigenvalue weighted by Gasteiger charge is 2.28. The van der Waals surface area contributed by atoms with Crippen molar-refractivity contribution >= 4 is 35.0 Å². The maximum Gasteiger partial charge on any atom is 0.335 e. The van der Waals surface area contributed by atoms with E-state index in [0.717, 1.165) is 24.3 Å². The van der Waals surface area contributed by atoms with Gasteiger partial charge >= 0.3 is 5.97 Å². The van der Waals surface area contributed by atoms with Gasteiger partial charge in [-0.05, 0) is 68.8 Å². The third-order valence-corrected chi connectivity index (χ3v) is 4.75. The van der Waals surface area contributed by atoms with Gasteiger partial charge in [0.25, 0.3) is 5.91 Å². The van der Waals surface area contributed by atoms with Crippen LogP contribution in [0.25, 0.3) is 6.08 Å². The van der Waals surface area contributed by atoms with Crippen LogP contribution in [-0.4, -0.2) is 35.8 Å². The van der Waals surface area contributed by atoms with Gasteiger partial charge in [-0.1, -0.05) is 12.1 Å². The van der Waals surface area contributed by atoms with Crippen molar-refractivity contribution in [3.8, 4) is 0 Å². The van der Waals surface area contributed by atoms with E-state index in [2.05, 4.69) is 23.8 Å². The summed E-state index contributed by atoms with van der Waals surface area (Å²) in [5.74, 6) is -1.24. The summed E-state index contributed by atoms with van der Waals surface area (Å²) in [6.07, 6.45) is 1.83. The Hall–Kier alpha value is -3.41. The molecule has 1 heterocycles. The van der Waals surface area contributed by atoms with Crippen LogP contribution in [0.3, 0.4) is 0 Å². The smallest absolute Gasteiger partial charge is 0.335 e. The van der Waals surface area contributed by atoms with Gasteiger partial charge in [0.15, 0.2) is 0 Å². The fraction of sp³-hybridized carbons (Fsp3) is 0.227. The summed E-state index contributed by atoms with van der Waals surface area (Å²) in [6.45, 7) is 7.91. The van der Waals surface area contributed by atoms with Gasteiger partial charge in [0, 0.05) is 18.8 Å². The van der Waals surface area contributed by atoms with E-state index in [1.54, 1.807) is 19.1 Å². The average molecular weight is 377 g/mol. The number of benzene rings is 2. The highest BCUT2D eigenvalue weighted by molar-refractivity contribution is 6.32. The first kappa shape index (κ1) is 19.4. The number of amides is 1. The molecular formula is C22H23N3O3. The highest BCUT2D eigenvalue weighted by atomic mass is 16.4. The molecule has 1 N–H and O–H groups in total. The van der Waals surface area contributed by atoms with Crippen LogP contribution >= 0.6 is 0 Å². The number of carbonyl (C=O) groups excluding carboxylic acids is 1. The molecule has 6 heteroatoms. The van der Waals surface area contributed by atoms with Crippen molar-refractivity contribution in [2.45, 2.75) is 20.8 Å².